The fourth-order valence-electron chi connectivity index (χ4n) is 2.47. The molecule has 0 heterocycles. The van der Waals surface area contributed by atoms with Crippen LogP contribution in [0, 0.1) is 0 Å². The second-order valence-electron chi connectivity index (χ2n) is 6.39. The van der Waals surface area contributed by atoms with Crippen molar-refractivity contribution in [3.8, 4) is 5.75 Å². The van der Waals surface area contributed by atoms with Crippen LogP contribution in [0.2, 0.25) is 0 Å². The van der Waals surface area contributed by atoms with E-state index in [1.807, 2.05) is 12.1 Å². The summed E-state index contributed by atoms with van der Waals surface area (Å²) in [5.74, 6) is -0.165. The van der Waals surface area contributed by atoms with Crippen molar-refractivity contribution in [2.24, 2.45) is 11.5 Å². The van der Waals surface area contributed by atoms with E-state index in [1.165, 1.54) is 5.56 Å². The lowest BCUT2D eigenvalue weighted by Crippen LogP contribution is -2.32. The van der Waals surface area contributed by atoms with Gasteiger partial charge in [0.2, 0.25) is 0 Å². The van der Waals surface area contributed by atoms with Crippen LogP contribution in [0.15, 0.2) is 48.5 Å². The SMILES string of the molecule is CC(C)c1ccc(C(N)CNC(=O)c2ccccc2OCC(N)=O)cc1.Cl. The molecule has 0 fully saturated rings. The fraction of sp³-hybridized carbons (Fsp3) is 0.300. The van der Waals surface area contributed by atoms with Crippen molar-refractivity contribution >= 4 is 24.2 Å². The monoisotopic (exact) mass is 391 g/mol. The van der Waals surface area contributed by atoms with Crippen LogP contribution in [0.5, 0.6) is 5.75 Å². The molecule has 0 saturated carbocycles. The lowest BCUT2D eigenvalue weighted by Gasteiger charge is -2.15. The molecular formula is C20H26ClN3O3. The normalized spacial score (nSPS) is 11.4. The smallest absolute Gasteiger partial charge is 0.255 e. The molecule has 0 aliphatic carbocycles. The van der Waals surface area contributed by atoms with Gasteiger partial charge in [-0.25, -0.2) is 0 Å². The molecule has 146 valence electrons. The number of nitrogens with two attached hydrogens (primary N) is 2. The molecule has 27 heavy (non-hydrogen) atoms. The summed E-state index contributed by atoms with van der Waals surface area (Å²) >= 11 is 0. The topological polar surface area (TPSA) is 107 Å². The Morgan fingerprint density at radius 1 is 1.04 bits per heavy atom. The van der Waals surface area contributed by atoms with Crippen LogP contribution in [-0.4, -0.2) is 25.0 Å². The van der Waals surface area contributed by atoms with Gasteiger partial charge >= 0.3 is 0 Å². The van der Waals surface area contributed by atoms with Crippen molar-refractivity contribution in [1.82, 2.24) is 5.32 Å². The number of carbonyl (C=O) groups excluding carboxylic acids is 2. The van der Waals surface area contributed by atoms with Gasteiger partial charge in [0.15, 0.2) is 6.61 Å². The van der Waals surface area contributed by atoms with Crippen molar-refractivity contribution in [1.29, 1.82) is 0 Å². The van der Waals surface area contributed by atoms with Crippen molar-refractivity contribution in [2.45, 2.75) is 25.8 Å². The minimum Gasteiger partial charge on any atom is -0.483 e. The molecule has 2 amide bonds. The van der Waals surface area contributed by atoms with Gasteiger partial charge < -0.3 is 21.5 Å². The molecule has 0 aliphatic heterocycles. The maximum atomic E-state index is 12.4. The van der Waals surface area contributed by atoms with Gasteiger partial charge in [-0.3, -0.25) is 9.59 Å². The standard InChI is InChI=1S/C20H25N3O3.ClH/c1-13(2)14-7-9-15(10-8-14)17(21)11-23-20(25)16-5-3-4-6-18(16)26-12-19(22)24;/h3-10,13,17H,11-12,21H2,1-2H3,(H2,22,24)(H,23,25);1H. The van der Waals surface area contributed by atoms with Crippen LogP contribution in [0.25, 0.3) is 0 Å². The van der Waals surface area contributed by atoms with E-state index >= 15 is 0 Å². The van der Waals surface area contributed by atoms with E-state index in [1.54, 1.807) is 24.3 Å². The third-order valence-electron chi connectivity index (χ3n) is 4.02. The van der Waals surface area contributed by atoms with E-state index in [4.69, 9.17) is 16.2 Å². The first-order valence-electron chi connectivity index (χ1n) is 8.52. The Morgan fingerprint density at radius 2 is 1.63 bits per heavy atom. The fourth-order valence-corrected chi connectivity index (χ4v) is 2.47. The van der Waals surface area contributed by atoms with Crippen molar-refractivity contribution in [2.75, 3.05) is 13.2 Å². The lowest BCUT2D eigenvalue weighted by atomic mass is 9.99. The molecule has 0 aliphatic rings. The van der Waals surface area contributed by atoms with Crippen LogP contribution in [0.1, 0.15) is 47.3 Å². The summed E-state index contributed by atoms with van der Waals surface area (Å²) in [6.45, 7) is 4.26. The minimum absolute atomic E-state index is 0. The summed E-state index contributed by atoms with van der Waals surface area (Å²) in [6, 6.07) is 14.4. The Kier molecular flexibility index (Phi) is 8.78. The molecule has 2 aromatic rings. The van der Waals surface area contributed by atoms with Gasteiger partial charge in [0, 0.05) is 12.6 Å². The molecule has 2 aromatic carbocycles. The molecule has 0 aromatic heterocycles. The average Bonchev–Trinajstić information content (AvgIpc) is 2.64. The maximum Gasteiger partial charge on any atom is 0.255 e. The molecule has 2 rings (SSSR count). The first-order valence-corrected chi connectivity index (χ1v) is 8.52. The van der Waals surface area contributed by atoms with Gasteiger partial charge in [-0.15, -0.1) is 12.4 Å². The van der Waals surface area contributed by atoms with Gasteiger partial charge in [-0.05, 0) is 29.2 Å². The van der Waals surface area contributed by atoms with Gasteiger partial charge in [0.1, 0.15) is 5.75 Å². The molecule has 5 N–H and O–H groups in total. The second-order valence-corrected chi connectivity index (χ2v) is 6.39. The number of nitrogens with one attached hydrogen (secondary N) is 1. The molecule has 6 nitrogen and oxygen atoms in total. The highest BCUT2D eigenvalue weighted by Crippen LogP contribution is 2.19. The molecule has 0 spiro atoms. The Hall–Kier alpha value is -2.57. The molecule has 0 bridgehead atoms. The number of ether oxygens (including phenoxy) is 1. The Morgan fingerprint density at radius 3 is 2.22 bits per heavy atom. The van der Waals surface area contributed by atoms with Gasteiger partial charge in [-0.1, -0.05) is 50.2 Å². The number of carbonyl (C=O) groups is 2. The van der Waals surface area contributed by atoms with Gasteiger partial charge in [0.25, 0.3) is 11.8 Å². The van der Waals surface area contributed by atoms with Crippen LogP contribution in [-0.2, 0) is 4.79 Å². The average molecular weight is 392 g/mol. The number of amides is 2. The zero-order valence-corrected chi connectivity index (χ0v) is 16.3. The number of hydrogen-bond donors (Lipinski definition) is 3. The third-order valence-corrected chi connectivity index (χ3v) is 4.02. The summed E-state index contributed by atoms with van der Waals surface area (Å²) < 4.78 is 5.28. The van der Waals surface area contributed by atoms with E-state index in [0.29, 0.717) is 17.2 Å². The Balaban J connectivity index is 0.00000364. The number of benzene rings is 2. The predicted molar refractivity (Wildman–Crippen MR) is 108 cm³/mol. The molecule has 7 heteroatoms. The van der Waals surface area contributed by atoms with Crippen LogP contribution >= 0.6 is 12.4 Å². The largest absolute Gasteiger partial charge is 0.483 e. The highest BCUT2D eigenvalue weighted by atomic mass is 35.5. The van der Waals surface area contributed by atoms with Crippen LogP contribution < -0.4 is 21.5 Å². The number of para-hydroxylation sites is 1. The number of primary amides is 1. The Bertz CT molecular complexity index is 763. The number of halogens is 1. The highest BCUT2D eigenvalue weighted by Gasteiger charge is 2.14. The molecule has 1 unspecified atom stereocenters. The minimum atomic E-state index is -0.605. The Labute approximate surface area is 165 Å². The molecule has 0 radical (unpaired) electrons. The predicted octanol–water partition coefficient (Wildman–Crippen LogP) is 2.53. The zero-order chi connectivity index (χ0) is 19.1. The van der Waals surface area contributed by atoms with Crippen molar-refractivity contribution in [3.05, 3.63) is 65.2 Å². The number of rotatable bonds is 8. The maximum absolute atomic E-state index is 12.4. The summed E-state index contributed by atoms with van der Waals surface area (Å²) in [6.07, 6.45) is 0. The lowest BCUT2D eigenvalue weighted by molar-refractivity contribution is -0.119. The highest BCUT2D eigenvalue weighted by molar-refractivity contribution is 5.97. The van der Waals surface area contributed by atoms with Gasteiger partial charge in [0.05, 0.1) is 5.56 Å². The van der Waals surface area contributed by atoms with E-state index in [9.17, 15) is 9.59 Å². The molecule has 1 atom stereocenters. The first kappa shape index (κ1) is 22.5. The van der Waals surface area contributed by atoms with E-state index in [-0.39, 0.29) is 37.5 Å². The quantitative estimate of drug-likeness (QED) is 0.642. The summed E-state index contributed by atoms with van der Waals surface area (Å²) in [7, 11) is 0. The molecule has 0 saturated heterocycles. The van der Waals surface area contributed by atoms with Crippen LogP contribution in [0.4, 0.5) is 0 Å². The second kappa shape index (κ2) is 10.5. The van der Waals surface area contributed by atoms with Crippen LogP contribution in [0.3, 0.4) is 0 Å². The van der Waals surface area contributed by atoms with E-state index in [2.05, 4.69) is 31.3 Å². The van der Waals surface area contributed by atoms with E-state index < -0.39 is 5.91 Å². The zero-order valence-electron chi connectivity index (χ0n) is 15.5. The molecular weight excluding hydrogens is 366 g/mol. The summed E-state index contributed by atoms with van der Waals surface area (Å²) in [5, 5.41) is 2.80. The first-order chi connectivity index (χ1) is 12.4. The summed E-state index contributed by atoms with van der Waals surface area (Å²) in [4.78, 5) is 23.3. The summed E-state index contributed by atoms with van der Waals surface area (Å²) in [5.41, 5.74) is 13.8. The third kappa shape index (κ3) is 6.58. The van der Waals surface area contributed by atoms with Crippen molar-refractivity contribution < 1.29 is 14.3 Å². The van der Waals surface area contributed by atoms with Crippen molar-refractivity contribution in [3.63, 3.8) is 0 Å². The number of hydrogen-bond acceptors (Lipinski definition) is 4. The van der Waals surface area contributed by atoms with E-state index in [0.717, 1.165) is 5.56 Å². The van der Waals surface area contributed by atoms with Gasteiger partial charge in [-0.2, -0.15) is 0 Å².